The zero-order chi connectivity index (χ0) is 24.5. The van der Waals surface area contributed by atoms with Crippen LogP contribution in [0.25, 0.3) is 0 Å². The summed E-state index contributed by atoms with van der Waals surface area (Å²) in [5, 5.41) is 0. The van der Waals surface area contributed by atoms with Crippen LogP contribution in [0.5, 0.6) is 11.5 Å². The van der Waals surface area contributed by atoms with E-state index >= 15 is 0 Å². The zero-order valence-electron chi connectivity index (χ0n) is 19.4. The lowest BCUT2D eigenvalue weighted by atomic mass is 10.2. The van der Waals surface area contributed by atoms with E-state index in [0.717, 1.165) is 4.57 Å². The third-order valence-electron chi connectivity index (χ3n) is 5.19. The molecule has 9 heteroatoms. The second-order valence-electron chi connectivity index (χ2n) is 7.25. The fourth-order valence-electron chi connectivity index (χ4n) is 3.36. The predicted octanol–water partition coefficient (Wildman–Crippen LogP) is 1.49. The van der Waals surface area contributed by atoms with Crippen LogP contribution in [0.4, 0.5) is 10.1 Å². The summed E-state index contributed by atoms with van der Waals surface area (Å²) in [7, 11) is 4.69. The Kier molecular flexibility index (Phi) is 9.14. The van der Waals surface area contributed by atoms with Crippen LogP contribution in [0, 0.1) is 31.1 Å². The summed E-state index contributed by atoms with van der Waals surface area (Å²) in [4.78, 5) is 27.4. The number of halogens is 1. The molecule has 8 nitrogen and oxygen atoms in total. The molecule has 0 bridgehead atoms. The van der Waals surface area contributed by atoms with Gasteiger partial charge in [0.25, 0.3) is 5.56 Å². The number of nitrogens with zero attached hydrogens (tertiary/aromatic N) is 3. The van der Waals surface area contributed by atoms with Crippen molar-refractivity contribution in [3.63, 3.8) is 0 Å². The molecule has 0 spiro atoms. The first kappa shape index (κ1) is 25.6. The van der Waals surface area contributed by atoms with E-state index in [-0.39, 0.29) is 18.8 Å². The van der Waals surface area contributed by atoms with E-state index in [0.29, 0.717) is 35.6 Å². The smallest absolute Gasteiger partial charge is 0.332 e. The van der Waals surface area contributed by atoms with Crippen molar-refractivity contribution in [3.8, 4) is 35.7 Å². The summed E-state index contributed by atoms with van der Waals surface area (Å²) in [6.45, 7) is 1.24. The molecule has 1 unspecified atom stereocenters. The molecule has 1 atom stereocenters. The normalized spacial score (nSPS) is 11.2. The van der Waals surface area contributed by atoms with Gasteiger partial charge in [0.15, 0.2) is 11.5 Å². The van der Waals surface area contributed by atoms with E-state index in [1.807, 2.05) is 0 Å². The molecule has 0 aliphatic rings. The van der Waals surface area contributed by atoms with Crippen LogP contribution in [0.3, 0.4) is 0 Å². The summed E-state index contributed by atoms with van der Waals surface area (Å²) in [6, 6.07) is 5.21. The molecular weight excluding hydrogens is 427 g/mol. The van der Waals surface area contributed by atoms with Gasteiger partial charge in [0.2, 0.25) is 0 Å². The van der Waals surface area contributed by atoms with Gasteiger partial charge < -0.3 is 20.1 Å². The molecule has 0 saturated heterocycles. The molecule has 0 aliphatic heterocycles. The molecule has 2 N–H and O–H groups in total. The fourth-order valence-corrected chi connectivity index (χ4v) is 3.36. The van der Waals surface area contributed by atoms with Crippen LogP contribution in [-0.4, -0.2) is 43.2 Å². The molecule has 176 valence electrons. The van der Waals surface area contributed by atoms with Gasteiger partial charge in [-0.15, -0.1) is 6.42 Å². The van der Waals surface area contributed by atoms with Gasteiger partial charge in [-0.05, 0) is 38.0 Å². The van der Waals surface area contributed by atoms with Crippen LogP contribution in [0.1, 0.15) is 24.1 Å². The quantitative estimate of drug-likeness (QED) is 0.349. The molecule has 33 heavy (non-hydrogen) atoms. The minimum absolute atomic E-state index is 0.186. The lowest BCUT2D eigenvalue weighted by Gasteiger charge is -2.26. The number of unbranched alkanes of at least 4 members (excludes halogenated alkanes) is 1. The van der Waals surface area contributed by atoms with Gasteiger partial charge >= 0.3 is 5.69 Å². The summed E-state index contributed by atoms with van der Waals surface area (Å²) in [6.07, 6.45) is 5.25. The van der Waals surface area contributed by atoms with Crippen molar-refractivity contribution in [3.05, 3.63) is 50.3 Å². The number of methoxy groups -OCH3 is 2. The number of hydrogen-bond donors (Lipinski definition) is 1. The Morgan fingerprint density at radius 2 is 1.88 bits per heavy atom. The summed E-state index contributed by atoms with van der Waals surface area (Å²) < 4.78 is 25.5. The number of aromatic nitrogens is 2. The molecule has 0 amide bonds. The minimum atomic E-state index is -0.861. The SMILES string of the molecule is C#CCn1c(=O)c(N(C)C(N)C#Cc2ccc(OC)c(OC)c2)c(C)n(CCCCF)c1=O. The molecule has 2 aromatic rings. The summed E-state index contributed by atoms with van der Waals surface area (Å²) >= 11 is 0. The summed E-state index contributed by atoms with van der Waals surface area (Å²) in [5.74, 6) is 9.31. The summed E-state index contributed by atoms with van der Waals surface area (Å²) in [5.41, 5.74) is 6.46. The predicted molar refractivity (Wildman–Crippen MR) is 127 cm³/mol. The molecule has 1 aromatic heterocycles. The second-order valence-corrected chi connectivity index (χ2v) is 7.25. The highest BCUT2D eigenvalue weighted by Gasteiger charge is 2.21. The first-order valence-electron chi connectivity index (χ1n) is 10.4. The molecule has 2 rings (SSSR count). The molecule has 0 saturated carbocycles. The lowest BCUT2D eigenvalue weighted by molar-refractivity contribution is 0.355. The molecule has 1 heterocycles. The second kappa shape index (κ2) is 11.8. The Labute approximate surface area is 192 Å². The number of hydrogen-bond acceptors (Lipinski definition) is 6. The van der Waals surface area contributed by atoms with Gasteiger partial charge in [0.1, 0.15) is 11.9 Å². The highest BCUT2D eigenvalue weighted by atomic mass is 19.1. The molecule has 0 radical (unpaired) electrons. The third-order valence-corrected chi connectivity index (χ3v) is 5.19. The Hall–Kier alpha value is -3.69. The average Bonchev–Trinajstić information content (AvgIpc) is 2.82. The largest absolute Gasteiger partial charge is 0.493 e. The van der Waals surface area contributed by atoms with Gasteiger partial charge in [-0.3, -0.25) is 13.8 Å². The van der Waals surface area contributed by atoms with Gasteiger partial charge in [0.05, 0.1) is 27.4 Å². The van der Waals surface area contributed by atoms with Crippen LogP contribution < -0.4 is 31.4 Å². The zero-order valence-corrected chi connectivity index (χ0v) is 19.4. The first-order chi connectivity index (χ1) is 15.8. The maximum atomic E-state index is 13.1. The van der Waals surface area contributed by atoms with E-state index in [1.54, 1.807) is 39.3 Å². The van der Waals surface area contributed by atoms with Crippen LogP contribution in [0.15, 0.2) is 27.8 Å². The highest BCUT2D eigenvalue weighted by molar-refractivity contribution is 5.52. The first-order valence-corrected chi connectivity index (χ1v) is 10.4. The van der Waals surface area contributed by atoms with Crippen molar-refractivity contribution in [1.29, 1.82) is 0 Å². The maximum Gasteiger partial charge on any atom is 0.332 e. The standard InChI is InChI=1S/C24H29FN4O4/c1-6-14-29-23(30)22(17(2)28(24(29)31)15-8-7-13-25)27(3)21(26)12-10-18-9-11-19(32-4)20(16-18)33-5/h1,9,11,16,21H,7-8,13-15,26H2,2-5H3. The number of benzene rings is 1. The van der Waals surface area contributed by atoms with Crippen molar-refractivity contribution in [2.75, 3.05) is 32.8 Å². The Bertz CT molecular complexity index is 1200. The van der Waals surface area contributed by atoms with Crippen molar-refractivity contribution in [2.24, 2.45) is 5.73 Å². The fraction of sp³-hybridized carbons (Fsp3) is 0.417. The monoisotopic (exact) mass is 456 g/mol. The van der Waals surface area contributed by atoms with Crippen LogP contribution in [-0.2, 0) is 13.1 Å². The van der Waals surface area contributed by atoms with Gasteiger partial charge in [-0.25, -0.2) is 9.36 Å². The number of nitrogens with two attached hydrogens (primary N) is 1. The third kappa shape index (κ3) is 5.76. The lowest BCUT2D eigenvalue weighted by Crippen LogP contribution is -2.48. The molecule has 1 aromatic carbocycles. The molecule has 0 fully saturated rings. The number of anilines is 1. The van der Waals surface area contributed by atoms with Crippen LogP contribution in [0.2, 0.25) is 0 Å². The molecule has 0 aliphatic carbocycles. The average molecular weight is 457 g/mol. The number of ether oxygens (including phenoxy) is 2. The van der Waals surface area contributed by atoms with E-state index in [1.165, 1.54) is 16.6 Å². The van der Waals surface area contributed by atoms with E-state index in [2.05, 4.69) is 17.8 Å². The Morgan fingerprint density at radius 3 is 2.48 bits per heavy atom. The number of terminal acetylenes is 1. The van der Waals surface area contributed by atoms with Crippen molar-refractivity contribution < 1.29 is 13.9 Å². The Morgan fingerprint density at radius 1 is 1.18 bits per heavy atom. The minimum Gasteiger partial charge on any atom is -0.493 e. The van der Waals surface area contributed by atoms with Crippen molar-refractivity contribution in [2.45, 2.75) is 39.0 Å². The highest BCUT2D eigenvalue weighted by Crippen LogP contribution is 2.27. The van der Waals surface area contributed by atoms with Crippen molar-refractivity contribution >= 4 is 5.69 Å². The van der Waals surface area contributed by atoms with E-state index in [4.69, 9.17) is 21.6 Å². The number of alkyl halides is 1. The maximum absolute atomic E-state index is 13.1. The molecular formula is C24H29FN4O4. The van der Waals surface area contributed by atoms with E-state index < -0.39 is 24.1 Å². The Balaban J connectivity index is 2.47. The topological polar surface area (TPSA) is 91.7 Å². The van der Waals surface area contributed by atoms with Crippen molar-refractivity contribution in [1.82, 2.24) is 9.13 Å². The van der Waals surface area contributed by atoms with Gasteiger partial charge in [-0.2, -0.15) is 0 Å². The van der Waals surface area contributed by atoms with Gasteiger partial charge in [0, 0.05) is 24.8 Å². The van der Waals surface area contributed by atoms with Gasteiger partial charge in [-0.1, -0.05) is 17.8 Å². The van der Waals surface area contributed by atoms with E-state index in [9.17, 15) is 14.0 Å². The number of rotatable bonds is 9. The van der Waals surface area contributed by atoms with Crippen LogP contribution >= 0.6 is 0 Å².